The maximum Gasteiger partial charge on any atom is 0.234 e. The van der Waals surface area contributed by atoms with Crippen LogP contribution >= 0.6 is 0 Å². The maximum atomic E-state index is 12.0. The Morgan fingerprint density at radius 2 is 2.14 bits per heavy atom. The largest absolute Gasteiger partial charge is 0.379 e. The third-order valence-electron chi connectivity index (χ3n) is 3.79. The molecule has 1 rings (SSSR count). The molecule has 0 radical (unpaired) electrons. The second kappa shape index (κ2) is 10.1. The Balaban J connectivity index is 2.19. The van der Waals surface area contributed by atoms with E-state index < -0.39 is 0 Å². The first kappa shape index (κ1) is 18.4. The summed E-state index contributed by atoms with van der Waals surface area (Å²) in [5.41, 5.74) is 0. The lowest BCUT2D eigenvalue weighted by Crippen LogP contribution is -2.46. The smallest absolute Gasteiger partial charge is 0.234 e. The van der Waals surface area contributed by atoms with Crippen LogP contribution in [0, 0.1) is 0 Å². The van der Waals surface area contributed by atoms with Crippen LogP contribution in [0.15, 0.2) is 0 Å². The zero-order chi connectivity index (χ0) is 15.7. The van der Waals surface area contributed by atoms with Crippen molar-refractivity contribution in [2.75, 3.05) is 32.8 Å². The van der Waals surface area contributed by atoms with Crippen molar-refractivity contribution in [3.63, 3.8) is 0 Å². The van der Waals surface area contributed by atoms with Crippen molar-refractivity contribution in [3.8, 4) is 0 Å². The molecule has 2 N–H and O–H groups in total. The number of rotatable bonds is 10. The second-order valence-electron chi connectivity index (χ2n) is 6.44. The van der Waals surface area contributed by atoms with E-state index in [4.69, 9.17) is 4.74 Å². The molecule has 1 unspecified atom stereocenters. The molecular weight excluding hydrogens is 266 g/mol. The zero-order valence-electron chi connectivity index (χ0n) is 14.2. The number of ether oxygens (including phenoxy) is 1. The fourth-order valence-electron chi connectivity index (χ4n) is 2.51. The molecule has 5 nitrogen and oxygen atoms in total. The summed E-state index contributed by atoms with van der Waals surface area (Å²) in [7, 11) is 0. The predicted octanol–water partition coefficient (Wildman–Crippen LogP) is 1.38. The minimum atomic E-state index is 0.117. The van der Waals surface area contributed by atoms with Gasteiger partial charge in [-0.05, 0) is 53.5 Å². The highest BCUT2D eigenvalue weighted by Gasteiger charge is 2.21. The van der Waals surface area contributed by atoms with Crippen molar-refractivity contribution in [2.24, 2.45) is 0 Å². The van der Waals surface area contributed by atoms with E-state index in [1.54, 1.807) is 0 Å². The highest BCUT2D eigenvalue weighted by Crippen LogP contribution is 2.09. The first-order valence-corrected chi connectivity index (χ1v) is 8.34. The van der Waals surface area contributed by atoms with E-state index in [1.807, 2.05) is 13.8 Å². The van der Waals surface area contributed by atoms with Gasteiger partial charge in [0.1, 0.15) is 0 Å². The molecule has 5 heteroatoms. The number of carbonyl (C=O) groups excluding carboxylic acids is 1. The number of hydrogen-bond donors (Lipinski definition) is 2. The van der Waals surface area contributed by atoms with E-state index in [0.29, 0.717) is 31.8 Å². The van der Waals surface area contributed by atoms with Gasteiger partial charge in [-0.3, -0.25) is 9.69 Å². The summed E-state index contributed by atoms with van der Waals surface area (Å²) in [5, 5.41) is 6.48. The molecule has 1 heterocycles. The average Bonchev–Trinajstić information content (AvgIpc) is 2.90. The summed E-state index contributed by atoms with van der Waals surface area (Å²) >= 11 is 0. The molecule has 0 aromatic rings. The molecule has 0 bridgehead atoms. The lowest BCUT2D eigenvalue weighted by Gasteiger charge is -2.28. The summed E-state index contributed by atoms with van der Waals surface area (Å²) in [6, 6.07) is 0.932. The van der Waals surface area contributed by atoms with Crippen molar-refractivity contribution < 1.29 is 9.53 Å². The van der Waals surface area contributed by atoms with E-state index in [1.165, 1.54) is 12.8 Å². The van der Waals surface area contributed by atoms with Crippen LogP contribution in [0.5, 0.6) is 0 Å². The van der Waals surface area contributed by atoms with E-state index in [-0.39, 0.29) is 12.0 Å². The van der Waals surface area contributed by atoms with Crippen molar-refractivity contribution in [3.05, 3.63) is 0 Å². The van der Waals surface area contributed by atoms with Crippen LogP contribution in [0.3, 0.4) is 0 Å². The van der Waals surface area contributed by atoms with Gasteiger partial charge in [0.2, 0.25) is 5.91 Å². The van der Waals surface area contributed by atoms with E-state index in [0.717, 1.165) is 19.5 Å². The molecule has 0 saturated carbocycles. The van der Waals surface area contributed by atoms with Gasteiger partial charge < -0.3 is 15.4 Å². The molecule has 1 atom stereocenters. The topological polar surface area (TPSA) is 53.6 Å². The molecular formula is C16H33N3O2. The van der Waals surface area contributed by atoms with Gasteiger partial charge in [0, 0.05) is 31.8 Å². The Hall–Kier alpha value is -0.650. The minimum absolute atomic E-state index is 0.117. The molecule has 124 valence electrons. The molecule has 0 aromatic carbocycles. The van der Waals surface area contributed by atoms with Crippen LogP contribution in [-0.2, 0) is 9.53 Å². The Kier molecular flexibility index (Phi) is 8.88. The first-order valence-electron chi connectivity index (χ1n) is 8.34. The SMILES string of the molecule is CC(C)OCCCNC(=O)CN(CC1CCCN1)C(C)C. The molecule has 1 aliphatic rings. The Morgan fingerprint density at radius 1 is 1.38 bits per heavy atom. The van der Waals surface area contributed by atoms with E-state index in [2.05, 4.69) is 29.4 Å². The first-order chi connectivity index (χ1) is 9.99. The van der Waals surface area contributed by atoms with Crippen LogP contribution in [0.25, 0.3) is 0 Å². The molecule has 1 fully saturated rings. The number of amides is 1. The normalized spacial score (nSPS) is 18.9. The lowest BCUT2D eigenvalue weighted by atomic mass is 10.2. The fourth-order valence-corrected chi connectivity index (χ4v) is 2.51. The molecule has 0 spiro atoms. The molecule has 1 amide bonds. The Bertz CT molecular complexity index is 289. The number of hydrogen-bond acceptors (Lipinski definition) is 4. The van der Waals surface area contributed by atoms with Gasteiger partial charge in [0.15, 0.2) is 0 Å². The standard InChI is InChI=1S/C16H33N3O2/c1-13(2)19(11-15-7-5-8-17-15)12-16(20)18-9-6-10-21-14(3)4/h13-15,17H,5-12H2,1-4H3,(H,18,20). The Labute approximate surface area is 129 Å². The fraction of sp³-hybridized carbons (Fsp3) is 0.938. The number of carbonyl (C=O) groups is 1. The molecule has 1 aliphatic heterocycles. The van der Waals surface area contributed by atoms with Gasteiger partial charge in [-0.25, -0.2) is 0 Å². The van der Waals surface area contributed by atoms with Crippen molar-refractivity contribution in [1.82, 2.24) is 15.5 Å². The van der Waals surface area contributed by atoms with Crippen LogP contribution in [-0.4, -0.2) is 61.8 Å². The Morgan fingerprint density at radius 3 is 2.71 bits per heavy atom. The van der Waals surface area contributed by atoms with Gasteiger partial charge in [0.05, 0.1) is 12.6 Å². The van der Waals surface area contributed by atoms with E-state index >= 15 is 0 Å². The van der Waals surface area contributed by atoms with E-state index in [9.17, 15) is 4.79 Å². The molecule has 21 heavy (non-hydrogen) atoms. The van der Waals surface area contributed by atoms with Gasteiger partial charge in [-0.15, -0.1) is 0 Å². The lowest BCUT2D eigenvalue weighted by molar-refractivity contribution is -0.122. The second-order valence-corrected chi connectivity index (χ2v) is 6.44. The number of nitrogens with zero attached hydrogens (tertiary/aromatic N) is 1. The molecule has 0 aliphatic carbocycles. The molecule has 0 aromatic heterocycles. The predicted molar refractivity (Wildman–Crippen MR) is 86.4 cm³/mol. The van der Waals surface area contributed by atoms with Crippen LogP contribution in [0.4, 0.5) is 0 Å². The average molecular weight is 299 g/mol. The van der Waals surface area contributed by atoms with Gasteiger partial charge in [-0.2, -0.15) is 0 Å². The number of nitrogens with one attached hydrogen (secondary N) is 2. The maximum absolute atomic E-state index is 12.0. The van der Waals surface area contributed by atoms with Crippen molar-refractivity contribution in [1.29, 1.82) is 0 Å². The monoisotopic (exact) mass is 299 g/mol. The van der Waals surface area contributed by atoms with Gasteiger partial charge in [0.25, 0.3) is 0 Å². The third kappa shape index (κ3) is 8.39. The summed E-state index contributed by atoms with van der Waals surface area (Å²) in [6.07, 6.45) is 3.60. The van der Waals surface area contributed by atoms with Gasteiger partial charge >= 0.3 is 0 Å². The van der Waals surface area contributed by atoms with Crippen LogP contribution in [0.1, 0.15) is 47.0 Å². The summed E-state index contributed by atoms with van der Waals surface area (Å²) in [5.74, 6) is 0.117. The summed E-state index contributed by atoms with van der Waals surface area (Å²) in [6.45, 7) is 12.3. The van der Waals surface area contributed by atoms with Crippen molar-refractivity contribution in [2.45, 2.75) is 65.1 Å². The van der Waals surface area contributed by atoms with Crippen molar-refractivity contribution >= 4 is 5.91 Å². The summed E-state index contributed by atoms with van der Waals surface area (Å²) < 4.78 is 5.46. The minimum Gasteiger partial charge on any atom is -0.379 e. The van der Waals surface area contributed by atoms with Crippen LogP contribution in [0.2, 0.25) is 0 Å². The quantitative estimate of drug-likeness (QED) is 0.599. The van der Waals surface area contributed by atoms with Gasteiger partial charge in [-0.1, -0.05) is 0 Å². The molecule has 1 saturated heterocycles. The van der Waals surface area contributed by atoms with Crippen LogP contribution < -0.4 is 10.6 Å². The summed E-state index contributed by atoms with van der Waals surface area (Å²) in [4.78, 5) is 14.3. The highest BCUT2D eigenvalue weighted by atomic mass is 16.5. The zero-order valence-corrected chi connectivity index (χ0v) is 14.2. The highest BCUT2D eigenvalue weighted by molar-refractivity contribution is 5.78. The third-order valence-corrected chi connectivity index (χ3v) is 3.79.